The van der Waals surface area contributed by atoms with Crippen molar-refractivity contribution in [2.24, 2.45) is 5.92 Å². The minimum atomic E-state index is 0. The average Bonchev–Trinajstić information content (AvgIpc) is 2.56. The van der Waals surface area contributed by atoms with E-state index in [2.05, 4.69) is 46.4 Å². The molecule has 0 radical (unpaired) electrons. The van der Waals surface area contributed by atoms with E-state index in [1.807, 2.05) is 6.07 Å². The van der Waals surface area contributed by atoms with E-state index in [0.29, 0.717) is 5.91 Å². The van der Waals surface area contributed by atoms with Gasteiger partial charge < -0.3 is 15.1 Å². The van der Waals surface area contributed by atoms with Gasteiger partial charge in [-0.1, -0.05) is 30.3 Å². The van der Waals surface area contributed by atoms with Crippen LogP contribution < -0.4 is 5.32 Å². The molecule has 0 bridgehead atoms. The molecule has 1 amide bonds. The van der Waals surface area contributed by atoms with Crippen molar-refractivity contribution in [2.75, 3.05) is 39.8 Å². The third-order valence-electron chi connectivity index (χ3n) is 4.70. The third-order valence-corrected chi connectivity index (χ3v) is 4.70. The number of piperazine rings is 1. The quantitative estimate of drug-likeness (QED) is 0.903. The Balaban J connectivity index is 0.00000176. The lowest BCUT2D eigenvalue weighted by Gasteiger charge is -2.42. The van der Waals surface area contributed by atoms with Gasteiger partial charge in [0.05, 0.1) is 12.0 Å². The number of rotatable bonds is 2. The van der Waals surface area contributed by atoms with Crippen molar-refractivity contribution in [2.45, 2.75) is 18.9 Å². The number of carbonyl (C=O) groups is 1. The second kappa shape index (κ2) is 7.95. The maximum atomic E-state index is 12.9. The number of piperidine rings is 1. The highest BCUT2D eigenvalue weighted by molar-refractivity contribution is 5.85. The summed E-state index contributed by atoms with van der Waals surface area (Å²) in [6.45, 7) is 4.62. The fourth-order valence-electron chi connectivity index (χ4n) is 3.44. The molecule has 22 heavy (non-hydrogen) atoms. The molecule has 2 saturated heterocycles. The zero-order chi connectivity index (χ0) is 14.7. The van der Waals surface area contributed by atoms with Gasteiger partial charge in [0, 0.05) is 26.2 Å². The topological polar surface area (TPSA) is 35.6 Å². The molecule has 0 aromatic heterocycles. The zero-order valence-electron chi connectivity index (χ0n) is 13.2. The first kappa shape index (κ1) is 17.3. The van der Waals surface area contributed by atoms with Crippen LogP contribution >= 0.6 is 12.4 Å². The Morgan fingerprint density at radius 3 is 2.68 bits per heavy atom. The average molecular weight is 324 g/mol. The van der Waals surface area contributed by atoms with Crippen LogP contribution in [-0.4, -0.2) is 55.5 Å². The molecule has 4 nitrogen and oxygen atoms in total. The predicted molar refractivity (Wildman–Crippen MR) is 91.2 cm³/mol. The van der Waals surface area contributed by atoms with Gasteiger partial charge in [-0.2, -0.15) is 0 Å². The van der Waals surface area contributed by atoms with Gasteiger partial charge in [-0.25, -0.2) is 0 Å². The van der Waals surface area contributed by atoms with Gasteiger partial charge in [-0.3, -0.25) is 4.79 Å². The van der Waals surface area contributed by atoms with Crippen LogP contribution in [0.15, 0.2) is 30.3 Å². The first-order valence-electron chi connectivity index (χ1n) is 8.00. The van der Waals surface area contributed by atoms with Gasteiger partial charge in [0.25, 0.3) is 0 Å². The highest BCUT2D eigenvalue weighted by Gasteiger charge is 2.34. The number of hydrogen-bond donors (Lipinski definition) is 1. The largest absolute Gasteiger partial charge is 0.333 e. The number of carbonyl (C=O) groups excluding carboxylic acids is 1. The molecular formula is C17H26ClN3O. The number of nitrogens with zero attached hydrogens (tertiary/aromatic N) is 2. The Kier molecular flexibility index (Phi) is 6.24. The van der Waals surface area contributed by atoms with Gasteiger partial charge in [0.1, 0.15) is 0 Å². The molecule has 5 heteroatoms. The summed E-state index contributed by atoms with van der Waals surface area (Å²) in [5.41, 5.74) is 1.25. The van der Waals surface area contributed by atoms with Crippen molar-refractivity contribution in [3.8, 4) is 0 Å². The number of likely N-dealkylation sites (N-methyl/N-ethyl adjacent to an activating group) is 1. The molecule has 2 aliphatic heterocycles. The van der Waals surface area contributed by atoms with E-state index < -0.39 is 0 Å². The summed E-state index contributed by atoms with van der Waals surface area (Å²) in [5, 5.41) is 3.36. The van der Waals surface area contributed by atoms with Gasteiger partial charge in [0.15, 0.2) is 0 Å². The summed E-state index contributed by atoms with van der Waals surface area (Å²) in [5.74, 6) is 0.498. The van der Waals surface area contributed by atoms with Crippen molar-refractivity contribution in [3.05, 3.63) is 35.9 Å². The molecule has 1 unspecified atom stereocenters. The summed E-state index contributed by atoms with van der Waals surface area (Å²) in [7, 11) is 2.14. The molecule has 122 valence electrons. The second-order valence-corrected chi connectivity index (χ2v) is 6.26. The molecule has 1 aromatic carbocycles. The Bertz CT molecular complexity index is 476. The van der Waals surface area contributed by atoms with Crippen molar-refractivity contribution in [1.29, 1.82) is 0 Å². The molecule has 3 rings (SSSR count). The second-order valence-electron chi connectivity index (χ2n) is 6.26. The lowest BCUT2D eigenvalue weighted by molar-refractivity contribution is -0.141. The first-order chi connectivity index (χ1) is 10.3. The number of halogens is 1. The summed E-state index contributed by atoms with van der Waals surface area (Å²) >= 11 is 0. The van der Waals surface area contributed by atoms with E-state index in [-0.39, 0.29) is 24.4 Å². The summed E-state index contributed by atoms with van der Waals surface area (Å²) in [6.07, 6.45) is 2.14. The van der Waals surface area contributed by atoms with Crippen LogP contribution in [0.5, 0.6) is 0 Å². The van der Waals surface area contributed by atoms with E-state index in [1.165, 1.54) is 5.56 Å². The normalized spacial score (nSPS) is 26.3. The number of benzene rings is 1. The fraction of sp³-hybridized carbons (Fsp3) is 0.588. The molecule has 0 aliphatic carbocycles. The van der Waals surface area contributed by atoms with Gasteiger partial charge in [0.2, 0.25) is 5.91 Å². The lowest BCUT2D eigenvalue weighted by atomic mass is 9.95. The van der Waals surface area contributed by atoms with Crippen molar-refractivity contribution in [3.63, 3.8) is 0 Å². The highest BCUT2D eigenvalue weighted by atomic mass is 35.5. The van der Waals surface area contributed by atoms with Gasteiger partial charge in [-0.05, 0) is 32.0 Å². The van der Waals surface area contributed by atoms with Crippen LogP contribution in [0.3, 0.4) is 0 Å². The van der Waals surface area contributed by atoms with Gasteiger partial charge >= 0.3 is 0 Å². The smallest absolute Gasteiger partial charge is 0.227 e. The van der Waals surface area contributed by atoms with Crippen molar-refractivity contribution >= 4 is 18.3 Å². The molecule has 1 N–H and O–H groups in total. The van der Waals surface area contributed by atoms with Crippen LogP contribution in [0.1, 0.15) is 24.4 Å². The molecule has 0 spiro atoms. The molecular weight excluding hydrogens is 298 g/mol. The number of amides is 1. The summed E-state index contributed by atoms with van der Waals surface area (Å²) < 4.78 is 0. The van der Waals surface area contributed by atoms with Crippen molar-refractivity contribution in [1.82, 2.24) is 15.1 Å². The maximum Gasteiger partial charge on any atom is 0.227 e. The maximum absolute atomic E-state index is 12.9. The molecule has 2 atom stereocenters. The molecule has 0 saturated carbocycles. The SMILES string of the molecule is CN1CCN(C(=O)[C@@H]2CCCNC2)C(c2ccccc2)C1.Cl. The van der Waals surface area contributed by atoms with Crippen molar-refractivity contribution < 1.29 is 4.79 Å². The van der Waals surface area contributed by atoms with E-state index in [1.54, 1.807) is 0 Å². The van der Waals surface area contributed by atoms with Crippen LogP contribution in [-0.2, 0) is 4.79 Å². The number of nitrogens with one attached hydrogen (secondary N) is 1. The number of hydrogen-bond acceptors (Lipinski definition) is 3. The Morgan fingerprint density at radius 1 is 1.23 bits per heavy atom. The Hall–Kier alpha value is -1.10. The lowest BCUT2D eigenvalue weighted by Crippen LogP contribution is -2.52. The summed E-state index contributed by atoms with van der Waals surface area (Å²) in [4.78, 5) is 17.3. The van der Waals surface area contributed by atoms with Crippen LogP contribution in [0.4, 0.5) is 0 Å². The van der Waals surface area contributed by atoms with E-state index in [9.17, 15) is 4.79 Å². The Morgan fingerprint density at radius 2 is 2.00 bits per heavy atom. The van der Waals surface area contributed by atoms with Crippen LogP contribution in [0.2, 0.25) is 0 Å². The van der Waals surface area contributed by atoms with Crippen LogP contribution in [0, 0.1) is 5.92 Å². The van der Waals surface area contributed by atoms with Crippen LogP contribution in [0.25, 0.3) is 0 Å². The minimum absolute atomic E-state index is 0. The van der Waals surface area contributed by atoms with Gasteiger partial charge in [-0.15, -0.1) is 12.4 Å². The van der Waals surface area contributed by atoms with E-state index in [4.69, 9.17) is 0 Å². The van der Waals surface area contributed by atoms with E-state index >= 15 is 0 Å². The zero-order valence-corrected chi connectivity index (χ0v) is 14.0. The highest BCUT2D eigenvalue weighted by Crippen LogP contribution is 2.27. The standard InChI is InChI=1S/C17H25N3O.ClH/c1-19-10-11-20(17(21)15-8-5-9-18-12-15)16(13-19)14-6-3-2-4-7-14;/h2-4,6-7,15-16,18H,5,8-13H2,1H3;1H/t15-,16?;/m1./s1. The molecule has 1 aromatic rings. The summed E-state index contributed by atoms with van der Waals surface area (Å²) in [6, 6.07) is 10.6. The Labute approximate surface area is 139 Å². The minimum Gasteiger partial charge on any atom is -0.333 e. The first-order valence-corrected chi connectivity index (χ1v) is 8.00. The predicted octanol–water partition coefficient (Wildman–Crippen LogP) is 1.92. The molecule has 2 fully saturated rings. The monoisotopic (exact) mass is 323 g/mol. The van der Waals surface area contributed by atoms with E-state index in [0.717, 1.165) is 45.6 Å². The third kappa shape index (κ3) is 3.80. The molecule has 2 heterocycles. The molecule has 2 aliphatic rings. The fourth-order valence-corrected chi connectivity index (χ4v) is 3.44.